The summed E-state index contributed by atoms with van der Waals surface area (Å²) in [4.78, 5) is 15.4. The fraction of sp³-hybridized carbons (Fsp3) is 0.296. The number of hydrogen-bond donors (Lipinski definition) is 2. The summed E-state index contributed by atoms with van der Waals surface area (Å²) in [5, 5.41) is 6.96. The number of rotatable bonds is 9. The first kappa shape index (κ1) is 24.6. The standard InChI is InChI=1S/C27H28F2N6O2.2H2/c1-35(2)20-13-21(14-20)37-23-7-5-18(12-24(23)36-3)33-27-30-9-8-25(34-27)32-19-11-17-10-16(26(28)29)4-6-22(17)31-15-19;;/h4-12,15,20-21,26H,13-14H2,1-3H3,(H2,30,32,33,34);2*1H. The number of nitrogens with one attached hydrogen (secondary N) is 2. The van der Waals surface area contributed by atoms with Crippen LogP contribution < -0.4 is 20.1 Å². The lowest BCUT2D eigenvalue weighted by molar-refractivity contribution is 0.0383. The molecule has 5 rings (SSSR count). The molecule has 196 valence electrons. The number of fused-ring (bicyclic) bond motifs is 1. The Morgan fingerprint density at radius 3 is 2.57 bits per heavy atom. The first-order valence-electron chi connectivity index (χ1n) is 11.9. The second kappa shape index (κ2) is 10.5. The van der Waals surface area contributed by atoms with Crippen molar-refractivity contribution in [1.82, 2.24) is 19.9 Å². The average Bonchev–Trinajstić information content (AvgIpc) is 2.86. The molecule has 0 bridgehead atoms. The number of anilines is 4. The molecule has 0 radical (unpaired) electrons. The predicted octanol–water partition coefficient (Wildman–Crippen LogP) is 6.42. The fourth-order valence-electron chi connectivity index (χ4n) is 4.20. The Morgan fingerprint density at radius 1 is 0.973 bits per heavy atom. The lowest BCUT2D eigenvalue weighted by atomic mass is 9.88. The van der Waals surface area contributed by atoms with Gasteiger partial charge in [-0.05, 0) is 63.3 Å². The number of aromatic nitrogens is 3. The van der Waals surface area contributed by atoms with Crippen molar-refractivity contribution in [3.05, 3.63) is 66.5 Å². The van der Waals surface area contributed by atoms with Crippen LogP contribution in [-0.2, 0) is 0 Å². The number of nitrogens with zero attached hydrogens (tertiary/aromatic N) is 4. The molecule has 0 aliphatic heterocycles. The fourth-order valence-corrected chi connectivity index (χ4v) is 4.20. The van der Waals surface area contributed by atoms with Gasteiger partial charge in [0.05, 0.1) is 24.5 Å². The third-order valence-electron chi connectivity index (χ3n) is 6.40. The molecule has 0 atom stereocenters. The van der Waals surface area contributed by atoms with Crippen molar-refractivity contribution in [2.45, 2.75) is 31.4 Å². The second-order valence-electron chi connectivity index (χ2n) is 9.19. The summed E-state index contributed by atoms with van der Waals surface area (Å²) < 4.78 is 37.8. The number of halogens is 2. The molecule has 10 heteroatoms. The van der Waals surface area contributed by atoms with Gasteiger partial charge in [-0.3, -0.25) is 4.98 Å². The van der Waals surface area contributed by atoms with E-state index in [1.807, 2.05) is 18.2 Å². The van der Waals surface area contributed by atoms with Crippen LogP contribution in [0.2, 0.25) is 0 Å². The summed E-state index contributed by atoms with van der Waals surface area (Å²) >= 11 is 0. The Labute approximate surface area is 216 Å². The van der Waals surface area contributed by atoms with E-state index in [0.29, 0.717) is 45.9 Å². The van der Waals surface area contributed by atoms with Crippen LogP contribution in [0, 0.1) is 0 Å². The Morgan fingerprint density at radius 2 is 1.81 bits per heavy atom. The van der Waals surface area contributed by atoms with Crippen LogP contribution in [0.4, 0.5) is 31.9 Å². The topological polar surface area (TPSA) is 84.4 Å². The quantitative estimate of drug-likeness (QED) is 0.267. The normalized spacial score (nSPS) is 17.1. The molecule has 1 aliphatic carbocycles. The minimum absolute atomic E-state index is 0. The maximum Gasteiger partial charge on any atom is 0.263 e. The lowest BCUT2D eigenvalue weighted by Crippen LogP contribution is -2.46. The summed E-state index contributed by atoms with van der Waals surface area (Å²) in [6.07, 6.45) is 2.87. The highest BCUT2D eigenvalue weighted by Gasteiger charge is 2.32. The Kier molecular flexibility index (Phi) is 7.00. The van der Waals surface area contributed by atoms with E-state index in [1.165, 1.54) is 12.1 Å². The van der Waals surface area contributed by atoms with Gasteiger partial charge in [-0.1, -0.05) is 6.07 Å². The molecule has 2 aromatic heterocycles. The third kappa shape index (κ3) is 5.69. The predicted molar refractivity (Wildman–Crippen MR) is 144 cm³/mol. The summed E-state index contributed by atoms with van der Waals surface area (Å²) in [6.45, 7) is 0. The van der Waals surface area contributed by atoms with Crippen molar-refractivity contribution in [3.63, 3.8) is 0 Å². The summed E-state index contributed by atoms with van der Waals surface area (Å²) in [5.41, 5.74) is 1.96. The van der Waals surface area contributed by atoms with Gasteiger partial charge < -0.3 is 25.0 Å². The zero-order valence-corrected chi connectivity index (χ0v) is 20.8. The van der Waals surface area contributed by atoms with Crippen LogP contribution in [0.15, 0.2) is 60.9 Å². The lowest BCUT2D eigenvalue weighted by Gasteiger charge is -2.39. The molecule has 0 saturated heterocycles. The zero-order chi connectivity index (χ0) is 25.9. The van der Waals surface area contributed by atoms with Crippen molar-refractivity contribution < 1.29 is 21.1 Å². The molecule has 0 spiro atoms. The smallest absolute Gasteiger partial charge is 0.263 e. The molecule has 4 aromatic rings. The van der Waals surface area contributed by atoms with Crippen molar-refractivity contribution in [2.75, 3.05) is 31.8 Å². The Balaban J connectivity index is 0.00000210. The highest BCUT2D eigenvalue weighted by Crippen LogP contribution is 2.36. The minimum Gasteiger partial charge on any atom is -0.493 e. The highest BCUT2D eigenvalue weighted by molar-refractivity contribution is 5.83. The molecular weight excluding hydrogens is 478 g/mol. The molecule has 2 heterocycles. The number of alkyl halides is 2. The maximum atomic E-state index is 13.1. The minimum atomic E-state index is -2.54. The van der Waals surface area contributed by atoms with Gasteiger partial charge in [0.15, 0.2) is 11.5 Å². The molecule has 1 fully saturated rings. The Bertz CT molecular complexity index is 1410. The summed E-state index contributed by atoms with van der Waals surface area (Å²) in [5.74, 6) is 2.22. The van der Waals surface area contributed by atoms with E-state index in [0.717, 1.165) is 18.5 Å². The third-order valence-corrected chi connectivity index (χ3v) is 6.40. The molecule has 2 N–H and O–H groups in total. The zero-order valence-electron chi connectivity index (χ0n) is 20.8. The monoisotopic (exact) mass is 510 g/mol. The van der Waals surface area contributed by atoms with Crippen molar-refractivity contribution in [1.29, 1.82) is 0 Å². The summed E-state index contributed by atoms with van der Waals surface area (Å²) in [6, 6.07) is 14.0. The van der Waals surface area contributed by atoms with E-state index in [2.05, 4.69) is 44.6 Å². The van der Waals surface area contributed by atoms with Crippen LogP contribution in [0.25, 0.3) is 10.9 Å². The highest BCUT2D eigenvalue weighted by atomic mass is 19.3. The van der Waals surface area contributed by atoms with E-state index in [4.69, 9.17) is 9.47 Å². The van der Waals surface area contributed by atoms with Crippen LogP contribution in [0.1, 0.15) is 27.7 Å². The maximum absolute atomic E-state index is 13.1. The molecule has 1 aliphatic rings. The number of hydrogen-bond acceptors (Lipinski definition) is 8. The van der Waals surface area contributed by atoms with Gasteiger partial charge >= 0.3 is 0 Å². The molecule has 37 heavy (non-hydrogen) atoms. The van der Waals surface area contributed by atoms with Crippen LogP contribution >= 0.6 is 0 Å². The number of pyridine rings is 1. The van der Waals surface area contributed by atoms with Crippen molar-refractivity contribution in [2.24, 2.45) is 0 Å². The van der Waals surface area contributed by atoms with Gasteiger partial charge in [-0.2, -0.15) is 4.98 Å². The molecule has 0 amide bonds. The van der Waals surface area contributed by atoms with Gasteiger partial charge in [-0.25, -0.2) is 13.8 Å². The van der Waals surface area contributed by atoms with Crippen LogP contribution in [0.3, 0.4) is 0 Å². The van der Waals surface area contributed by atoms with E-state index in [-0.39, 0.29) is 14.5 Å². The van der Waals surface area contributed by atoms with Crippen molar-refractivity contribution >= 4 is 34.0 Å². The van der Waals surface area contributed by atoms with E-state index in [1.54, 1.807) is 37.7 Å². The number of benzene rings is 2. The first-order chi connectivity index (χ1) is 17.9. The van der Waals surface area contributed by atoms with Crippen LogP contribution in [0.5, 0.6) is 11.5 Å². The number of ether oxygens (including phenoxy) is 2. The largest absolute Gasteiger partial charge is 0.493 e. The molecule has 0 unspecified atom stereocenters. The first-order valence-corrected chi connectivity index (χ1v) is 11.9. The second-order valence-corrected chi connectivity index (χ2v) is 9.19. The Hall–Kier alpha value is -4.05. The SMILES string of the molecule is COc1cc(Nc2nccc(Nc3cnc4ccc(C(F)F)cc4c3)n2)ccc1OC1CC(N(C)C)C1.[HH].[HH]. The van der Waals surface area contributed by atoms with Crippen LogP contribution in [-0.4, -0.2) is 53.2 Å². The van der Waals surface area contributed by atoms with Crippen molar-refractivity contribution in [3.8, 4) is 11.5 Å². The van der Waals surface area contributed by atoms with Gasteiger partial charge in [0.1, 0.15) is 11.9 Å². The van der Waals surface area contributed by atoms with Gasteiger partial charge in [0.25, 0.3) is 6.43 Å². The van der Waals surface area contributed by atoms with Gasteiger partial charge in [-0.15, -0.1) is 0 Å². The van der Waals surface area contributed by atoms with Gasteiger partial charge in [0, 0.05) is 37.8 Å². The van der Waals surface area contributed by atoms with E-state index < -0.39 is 6.43 Å². The summed E-state index contributed by atoms with van der Waals surface area (Å²) in [7, 11) is 5.77. The average molecular weight is 511 g/mol. The van der Waals surface area contributed by atoms with Gasteiger partial charge in [0.2, 0.25) is 5.95 Å². The molecular formula is C27H32F2N6O2. The number of methoxy groups -OCH3 is 1. The molecule has 2 aromatic carbocycles. The molecule has 8 nitrogen and oxygen atoms in total. The van der Waals surface area contributed by atoms with E-state index in [9.17, 15) is 8.78 Å². The van der Waals surface area contributed by atoms with E-state index >= 15 is 0 Å². The molecule has 1 saturated carbocycles.